The van der Waals surface area contributed by atoms with Crippen LogP contribution in [0.25, 0.3) is 0 Å². The number of β-amino-alcohol motifs (C(OH)–C–C–N with tert-alkyl or cyclic N) is 1. The summed E-state index contributed by atoms with van der Waals surface area (Å²) in [5.41, 5.74) is 0.590. The molecule has 0 bridgehead atoms. The van der Waals surface area contributed by atoms with Gasteiger partial charge in [-0.3, -0.25) is 4.79 Å². The maximum atomic E-state index is 13.4. The molecule has 1 fully saturated rings. The first kappa shape index (κ1) is 15.0. The van der Waals surface area contributed by atoms with E-state index in [1.807, 2.05) is 0 Å². The number of nitrogens with zero attached hydrogens (tertiary/aromatic N) is 1. The topological polar surface area (TPSA) is 53.7 Å². The largest absolute Gasteiger partial charge is 0.452 e. The minimum absolute atomic E-state index is 0.0459. The van der Waals surface area contributed by atoms with Gasteiger partial charge in [0.1, 0.15) is 0 Å². The molecule has 1 amide bonds. The van der Waals surface area contributed by atoms with Crippen LogP contribution in [0.3, 0.4) is 0 Å². The third-order valence-electron chi connectivity index (χ3n) is 3.72. The number of hydrogen-bond acceptors (Lipinski definition) is 3. The van der Waals surface area contributed by atoms with Crippen LogP contribution >= 0.6 is 11.6 Å². The molecule has 0 saturated carbocycles. The van der Waals surface area contributed by atoms with E-state index in [-0.39, 0.29) is 23.7 Å². The van der Waals surface area contributed by atoms with E-state index in [9.17, 15) is 18.7 Å². The molecule has 1 aliphatic heterocycles. The summed E-state index contributed by atoms with van der Waals surface area (Å²) in [7, 11) is 0. The molecule has 4 nitrogen and oxygen atoms in total. The predicted molar refractivity (Wildman–Crippen MR) is 74.5 cm³/mol. The molecule has 0 radical (unpaired) electrons. The predicted octanol–water partition coefficient (Wildman–Crippen LogP) is 3.16. The van der Waals surface area contributed by atoms with Crippen molar-refractivity contribution in [3.63, 3.8) is 0 Å². The minimum atomic E-state index is -0.993. The second-order valence-corrected chi connectivity index (χ2v) is 5.49. The van der Waals surface area contributed by atoms with Gasteiger partial charge in [0.15, 0.2) is 11.6 Å². The van der Waals surface area contributed by atoms with Crippen molar-refractivity contribution in [3.05, 3.63) is 58.5 Å². The standard InChI is InChI=1S/C15H12ClF2NO3/c16-14-10(3-4-22-14)15(21)19-7-9(20)6-13(19)8-1-2-11(17)12(18)5-8/h1-5,9,13,20H,6-7H2/t9-,13-/m1/s1. The van der Waals surface area contributed by atoms with Crippen molar-refractivity contribution in [3.8, 4) is 0 Å². The van der Waals surface area contributed by atoms with Crippen molar-refractivity contribution in [1.82, 2.24) is 4.90 Å². The molecule has 116 valence electrons. The van der Waals surface area contributed by atoms with Gasteiger partial charge in [0.05, 0.1) is 24.0 Å². The number of carbonyl (C=O) groups excluding carboxylic acids is 1. The second kappa shape index (κ2) is 5.70. The van der Waals surface area contributed by atoms with Crippen LogP contribution in [0.2, 0.25) is 5.22 Å². The highest BCUT2D eigenvalue weighted by Crippen LogP contribution is 2.35. The maximum absolute atomic E-state index is 13.4. The van der Waals surface area contributed by atoms with E-state index in [2.05, 4.69) is 0 Å². The van der Waals surface area contributed by atoms with Crippen LogP contribution in [0, 0.1) is 11.6 Å². The fourth-order valence-corrected chi connectivity index (χ4v) is 2.87. The molecule has 3 rings (SSSR count). The first-order valence-electron chi connectivity index (χ1n) is 6.64. The molecule has 1 saturated heterocycles. The Labute approximate surface area is 129 Å². The van der Waals surface area contributed by atoms with E-state index < -0.39 is 29.7 Å². The Balaban J connectivity index is 1.94. The molecular formula is C15H12ClF2NO3. The van der Waals surface area contributed by atoms with Crippen LogP contribution in [0.1, 0.15) is 28.4 Å². The van der Waals surface area contributed by atoms with E-state index in [0.29, 0.717) is 5.56 Å². The van der Waals surface area contributed by atoms with E-state index in [1.165, 1.54) is 23.3 Å². The third kappa shape index (κ3) is 2.60. The highest BCUT2D eigenvalue weighted by atomic mass is 35.5. The van der Waals surface area contributed by atoms with Gasteiger partial charge in [-0.15, -0.1) is 0 Å². The number of carbonyl (C=O) groups is 1. The first-order valence-corrected chi connectivity index (χ1v) is 7.02. The molecule has 0 aliphatic carbocycles. The number of hydrogen-bond donors (Lipinski definition) is 1. The van der Waals surface area contributed by atoms with Crippen LogP contribution in [0.5, 0.6) is 0 Å². The summed E-state index contributed by atoms with van der Waals surface area (Å²) in [5, 5.41) is 9.81. The number of halogens is 3. The van der Waals surface area contributed by atoms with E-state index in [1.54, 1.807) is 0 Å². The first-order chi connectivity index (χ1) is 10.5. The SMILES string of the molecule is O=C(c1ccoc1Cl)N1C[C@H](O)C[C@@H]1c1ccc(F)c(F)c1. The lowest BCUT2D eigenvalue weighted by molar-refractivity contribution is 0.0715. The Morgan fingerprint density at radius 2 is 2.09 bits per heavy atom. The smallest absolute Gasteiger partial charge is 0.259 e. The average molecular weight is 328 g/mol. The quantitative estimate of drug-likeness (QED) is 0.922. The Morgan fingerprint density at radius 3 is 2.73 bits per heavy atom. The fourth-order valence-electron chi connectivity index (χ4n) is 2.67. The Morgan fingerprint density at radius 1 is 1.32 bits per heavy atom. The summed E-state index contributed by atoms with van der Waals surface area (Å²) in [6, 6.07) is 4.32. The number of aliphatic hydroxyl groups is 1. The number of aliphatic hydroxyl groups excluding tert-OH is 1. The molecule has 0 spiro atoms. The number of likely N-dealkylation sites (tertiary alicyclic amines) is 1. The molecule has 1 aromatic heterocycles. The van der Waals surface area contributed by atoms with Crippen molar-refractivity contribution < 1.29 is 23.1 Å². The number of amides is 1. The molecule has 0 unspecified atom stereocenters. The van der Waals surface area contributed by atoms with Crippen LogP contribution in [-0.4, -0.2) is 28.6 Å². The summed E-state index contributed by atoms with van der Waals surface area (Å²) in [6.07, 6.45) is 0.786. The van der Waals surface area contributed by atoms with Crippen molar-refractivity contribution >= 4 is 17.5 Å². The van der Waals surface area contributed by atoms with Gasteiger partial charge in [0, 0.05) is 6.54 Å². The normalized spacial score (nSPS) is 21.4. The van der Waals surface area contributed by atoms with Crippen molar-refractivity contribution in [1.29, 1.82) is 0 Å². The van der Waals surface area contributed by atoms with Crippen molar-refractivity contribution in [2.75, 3.05) is 6.54 Å². The van der Waals surface area contributed by atoms with Gasteiger partial charge in [-0.05, 0) is 41.8 Å². The zero-order chi connectivity index (χ0) is 15.9. The summed E-state index contributed by atoms with van der Waals surface area (Å²) in [4.78, 5) is 13.9. The van der Waals surface area contributed by atoms with Gasteiger partial charge >= 0.3 is 0 Å². The highest BCUT2D eigenvalue weighted by molar-refractivity contribution is 6.32. The Hall–Kier alpha value is -1.92. The second-order valence-electron chi connectivity index (χ2n) is 5.14. The zero-order valence-corrected chi connectivity index (χ0v) is 12.1. The van der Waals surface area contributed by atoms with Crippen LogP contribution < -0.4 is 0 Å². The summed E-state index contributed by atoms with van der Waals surface area (Å²) < 4.78 is 31.4. The molecule has 2 atom stereocenters. The highest BCUT2D eigenvalue weighted by Gasteiger charge is 2.37. The van der Waals surface area contributed by atoms with Gasteiger partial charge in [-0.25, -0.2) is 8.78 Å². The lowest BCUT2D eigenvalue weighted by Crippen LogP contribution is -2.31. The summed E-state index contributed by atoms with van der Waals surface area (Å²) in [6.45, 7) is 0.0873. The molecule has 1 aliphatic rings. The van der Waals surface area contributed by atoms with E-state index in [4.69, 9.17) is 16.0 Å². The summed E-state index contributed by atoms with van der Waals surface area (Å²) in [5.74, 6) is -2.38. The molecule has 1 aromatic carbocycles. The lowest BCUT2D eigenvalue weighted by atomic mass is 10.0. The molecular weight excluding hydrogens is 316 g/mol. The van der Waals surface area contributed by atoms with Gasteiger partial charge in [0.2, 0.25) is 5.22 Å². The molecule has 22 heavy (non-hydrogen) atoms. The van der Waals surface area contributed by atoms with Gasteiger partial charge in [-0.2, -0.15) is 0 Å². The molecule has 1 N–H and O–H groups in total. The van der Waals surface area contributed by atoms with E-state index >= 15 is 0 Å². The molecule has 2 aromatic rings. The van der Waals surface area contributed by atoms with E-state index in [0.717, 1.165) is 12.1 Å². The minimum Gasteiger partial charge on any atom is -0.452 e. The van der Waals surface area contributed by atoms with Gasteiger partial charge in [-0.1, -0.05) is 6.07 Å². The number of rotatable bonds is 2. The van der Waals surface area contributed by atoms with Gasteiger partial charge in [0.25, 0.3) is 5.91 Å². The average Bonchev–Trinajstić information content (AvgIpc) is 3.07. The number of benzene rings is 1. The van der Waals surface area contributed by atoms with Gasteiger partial charge < -0.3 is 14.4 Å². The van der Waals surface area contributed by atoms with Crippen LogP contribution in [0.15, 0.2) is 34.9 Å². The summed E-state index contributed by atoms with van der Waals surface area (Å²) >= 11 is 5.80. The molecule has 7 heteroatoms. The monoisotopic (exact) mass is 327 g/mol. The van der Waals surface area contributed by atoms with Crippen molar-refractivity contribution in [2.45, 2.75) is 18.6 Å². The third-order valence-corrected chi connectivity index (χ3v) is 4.01. The molecule has 2 heterocycles. The number of furan rings is 1. The van der Waals surface area contributed by atoms with Crippen LogP contribution in [-0.2, 0) is 0 Å². The Kier molecular flexibility index (Phi) is 3.88. The van der Waals surface area contributed by atoms with Crippen LogP contribution in [0.4, 0.5) is 8.78 Å². The zero-order valence-electron chi connectivity index (χ0n) is 11.3. The Bertz CT molecular complexity index is 719. The lowest BCUT2D eigenvalue weighted by Gasteiger charge is -2.24. The maximum Gasteiger partial charge on any atom is 0.259 e. The van der Waals surface area contributed by atoms with Crippen molar-refractivity contribution in [2.24, 2.45) is 0 Å². The fraction of sp³-hybridized carbons (Fsp3) is 0.267.